The van der Waals surface area contributed by atoms with E-state index >= 15 is 0 Å². The lowest BCUT2D eigenvalue weighted by molar-refractivity contribution is -0.138. The van der Waals surface area contributed by atoms with Gasteiger partial charge in [-0.1, -0.05) is 30.3 Å². The van der Waals surface area contributed by atoms with Crippen LogP contribution in [0.4, 0.5) is 5.69 Å². The number of fused-ring (bicyclic) bond motifs is 1. The van der Waals surface area contributed by atoms with Gasteiger partial charge in [0.1, 0.15) is 11.8 Å². The molecule has 2 aromatic rings. The van der Waals surface area contributed by atoms with E-state index in [1.807, 2.05) is 6.07 Å². The second-order valence-electron chi connectivity index (χ2n) is 5.69. The molecular formula is C16H18N2O6S. The van der Waals surface area contributed by atoms with Gasteiger partial charge in [0.25, 0.3) is 16.0 Å². The lowest BCUT2D eigenvalue weighted by atomic mass is 10.0. The number of amides is 1. The van der Waals surface area contributed by atoms with E-state index in [1.165, 1.54) is 0 Å². The molecule has 0 aliphatic heterocycles. The van der Waals surface area contributed by atoms with Gasteiger partial charge in [-0.2, -0.15) is 8.42 Å². The van der Waals surface area contributed by atoms with E-state index in [2.05, 4.69) is 5.32 Å². The van der Waals surface area contributed by atoms with Gasteiger partial charge in [-0.25, -0.2) is 4.79 Å². The topological polar surface area (TPSA) is 124 Å². The van der Waals surface area contributed by atoms with Crippen LogP contribution in [0.15, 0.2) is 36.4 Å². The Kier molecular flexibility index (Phi) is 5.29. The molecule has 0 aromatic heterocycles. The van der Waals surface area contributed by atoms with Crippen LogP contribution in [0, 0.1) is 0 Å². The lowest BCUT2D eigenvalue weighted by Gasteiger charge is -2.20. The summed E-state index contributed by atoms with van der Waals surface area (Å²) in [5, 5.41) is 12.7. The average molecular weight is 366 g/mol. The molecule has 25 heavy (non-hydrogen) atoms. The lowest BCUT2D eigenvalue weighted by Crippen LogP contribution is -2.45. The van der Waals surface area contributed by atoms with Crippen molar-refractivity contribution in [1.29, 1.82) is 0 Å². The number of carbonyl (C=O) groups is 2. The van der Waals surface area contributed by atoms with Gasteiger partial charge >= 0.3 is 5.97 Å². The number of carbonyl (C=O) groups excluding carboxylic acids is 1. The summed E-state index contributed by atoms with van der Waals surface area (Å²) < 4.78 is 30.9. The molecule has 1 unspecified atom stereocenters. The summed E-state index contributed by atoms with van der Waals surface area (Å²) in [6, 6.07) is 8.85. The molecule has 0 aliphatic rings. The number of nitrogens with one attached hydrogen (secondary N) is 1. The third-order valence-corrected chi connectivity index (χ3v) is 4.35. The molecule has 3 N–H and O–H groups in total. The summed E-state index contributed by atoms with van der Waals surface area (Å²) in [4.78, 5) is 25.6. The molecule has 0 fully saturated rings. The summed E-state index contributed by atoms with van der Waals surface area (Å²) in [5.41, 5.74) is 0.775. The first-order valence-corrected chi connectivity index (χ1v) is 8.89. The van der Waals surface area contributed by atoms with Crippen LogP contribution in [0.2, 0.25) is 0 Å². The number of hydrogen-bond donors (Lipinski definition) is 3. The number of carboxylic acids is 1. The number of benzene rings is 2. The summed E-state index contributed by atoms with van der Waals surface area (Å²) in [7, 11) is -1.11. The fourth-order valence-corrected chi connectivity index (χ4v) is 3.13. The monoisotopic (exact) mass is 366 g/mol. The maximum absolute atomic E-state index is 12.7. The van der Waals surface area contributed by atoms with Crippen LogP contribution in [-0.2, 0) is 14.9 Å². The van der Waals surface area contributed by atoms with Crippen LogP contribution in [0.3, 0.4) is 0 Å². The first-order valence-electron chi connectivity index (χ1n) is 7.28. The number of rotatable bonds is 6. The van der Waals surface area contributed by atoms with Gasteiger partial charge in [-0.15, -0.1) is 0 Å². The predicted octanol–water partition coefficient (Wildman–Crippen LogP) is 0.977. The Morgan fingerprint density at radius 3 is 2.36 bits per heavy atom. The summed E-state index contributed by atoms with van der Waals surface area (Å²) in [6.07, 6.45) is 0. The standard InChI is InChI=1S/C16H18N2O6S/c1-18(2)13-8-7-10-5-3-4-6-11(10)14(13)15(19)17-12(16(20)21)9-25(22,23)24/h3-8,12H,9H2,1-2H3,(H,17,19)(H,20,21)(H,22,23,24). The second-order valence-corrected chi connectivity index (χ2v) is 7.19. The molecule has 0 saturated heterocycles. The Balaban J connectivity index is 2.50. The molecule has 0 saturated carbocycles. The van der Waals surface area contributed by atoms with Gasteiger partial charge in [0, 0.05) is 19.8 Å². The van der Waals surface area contributed by atoms with Crippen molar-refractivity contribution in [2.45, 2.75) is 6.04 Å². The second kappa shape index (κ2) is 7.08. The summed E-state index contributed by atoms with van der Waals surface area (Å²) >= 11 is 0. The smallest absolute Gasteiger partial charge is 0.327 e. The number of carboxylic acid groups (broad SMARTS) is 1. The largest absolute Gasteiger partial charge is 0.480 e. The Morgan fingerprint density at radius 2 is 1.80 bits per heavy atom. The highest BCUT2D eigenvalue weighted by atomic mass is 32.2. The molecule has 2 rings (SSSR count). The van der Waals surface area contributed by atoms with Crippen molar-refractivity contribution in [3.8, 4) is 0 Å². The first-order chi connectivity index (χ1) is 11.6. The van der Waals surface area contributed by atoms with Gasteiger partial charge < -0.3 is 15.3 Å². The maximum Gasteiger partial charge on any atom is 0.327 e. The Morgan fingerprint density at radius 1 is 1.16 bits per heavy atom. The van der Waals surface area contributed by atoms with Crippen molar-refractivity contribution in [3.05, 3.63) is 42.0 Å². The zero-order valence-corrected chi connectivity index (χ0v) is 14.4. The van der Waals surface area contributed by atoms with E-state index in [0.29, 0.717) is 11.1 Å². The highest BCUT2D eigenvalue weighted by Crippen LogP contribution is 2.28. The first kappa shape index (κ1) is 18.7. The molecule has 1 atom stereocenters. The summed E-state index contributed by atoms with van der Waals surface area (Å²) in [6.45, 7) is 0. The van der Waals surface area contributed by atoms with E-state index in [9.17, 15) is 18.0 Å². The third kappa shape index (κ3) is 4.46. The molecule has 134 valence electrons. The summed E-state index contributed by atoms with van der Waals surface area (Å²) in [5.74, 6) is -3.41. The quantitative estimate of drug-likeness (QED) is 0.651. The van der Waals surface area contributed by atoms with Crippen molar-refractivity contribution in [2.24, 2.45) is 0 Å². The van der Waals surface area contributed by atoms with Crippen LogP contribution in [0.5, 0.6) is 0 Å². The highest BCUT2D eigenvalue weighted by molar-refractivity contribution is 7.85. The van der Waals surface area contributed by atoms with Crippen molar-refractivity contribution in [3.63, 3.8) is 0 Å². The van der Waals surface area contributed by atoms with Crippen LogP contribution >= 0.6 is 0 Å². The zero-order chi connectivity index (χ0) is 18.8. The maximum atomic E-state index is 12.7. The van der Waals surface area contributed by atoms with Crippen LogP contribution < -0.4 is 10.2 Å². The minimum atomic E-state index is -4.57. The molecule has 8 nitrogen and oxygen atoms in total. The molecular weight excluding hydrogens is 348 g/mol. The minimum Gasteiger partial charge on any atom is -0.480 e. The van der Waals surface area contributed by atoms with Gasteiger partial charge in [-0.3, -0.25) is 9.35 Å². The molecule has 0 heterocycles. The Hall–Kier alpha value is -2.65. The van der Waals surface area contributed by atoms with Crippen LogP contribution in [-0.4, -0.2) is 55.8 Å². The van der Waals surface area contributed by atoms with Gasteiger partial charge in [-0.05, 0) is 16.8 Å². The fourth-order valence-electron chi connectivity index (χ4n) is 2.49. The Bertz CT molecular complexity index is 923. The van der Waals surface area contributed by atoms with Crippen molar-refractivity contribution >= 4 is 38.5 Å². The average Bonchev–Trinajstić information content (AvgIpc) is 2.51. The molecule has 0 aliphatic carbocycles. The minimum absolute atomic E-state index is 0.227. The fraction of sp³-hybridized carbons (Fsp3) is 0.250. The van der Waals surface area contributed by atoms with Crippen LogP contribution in [0.25, 0.3) is 10.8 Å². The molecule has 0 spiro atoms. The van der Waals surface area contributed by atoms with Gasteiger partial charge in [0.15, 0.2) is 0 Å². The molecule has 0 bridgehead atoms. The number of hydrogen-bond acceptors (Lipinski definition) is 5. The number of nitrogens with zero attached hydrogens (tertiary/aromatic N) is 1. The third-order valence-electron chi connectivity index (χ3n) is 3.60. The molecule has 2 aromatic carbocycles. The molecule has 1 amide bonds. The predicted molar refractivity (Wildman–Crippen MR) is 93.6 cm³/mol. The van der Waals surface area contributed by atoms with E-state index in [1.54, 1.807) is 49.3 Å². The van der Waals surface area contributed by atoms with E-state index in [4.69, 9.17) is 9.66 Å². The van der Waals surface area contributed by atoms with Crippen LogP contribution in [0.1, 0.15) is 10.4 Å². The van der Waals surface area contributed by atoms with Crippen molar-refractivity contribution < 1.29 is 27.7 Å². The number of anilines is 1. The molecule has 0 radical (unpaired) electrons. The zero-order valence-electron chi connectivity index (χ0n) is 13.6. The Labute approximate surface area is 144 Å². The highest BCUT2D eigenvalue weighted by Gasteiger charge is 2.28. The SMILES string of the molecule is CN(C)c1ccc2ccccc2c1C(=O)NC(CS(=O)(=O)O)C(=O)O. The van der Waals surface area contributed by atoms with E-state index in [0.717, 1.165) is 5.39 Å². The normalized spacial score (nSPS) is 12.6. The van der Waals surface area contributed by atoms with Crippen molar-refractivity contribution in [2.75, 3.05) is 24.7 Å². The van der Waals surface area contributed by atoms with Gasteiger partial charge in [0.2, 0.25) is 0 Å². The van der Waals surface area contributed by atoms with E-state index in [-0.39, 0.29) is 5.56 Å². The van der Waals surface area contributed by atoms with E-state index < -0.39 is 33.8 Å². The molecule has 9 heteroatoms. The number of aliphatic carboxylic acids is 1. The van der Waals surface area contributed by atoms with Gasteiger partial charge in [0.05, 0.1) is 5.56 Å². The van der Waals surface area contributed by atoms with Crippen molar-refractivity contribution in [1.82, 2.24) is 5.32 Å².